The fourth-order valence-electron chi connectivity index (χ4n) is 4.50. The molecule has 4 aromatic rings. The van der Waals surface area contributed by atoms with E-state index in [0.717, 1.165) is 6.42 Å². The number of ketones is 1. The van der Waals surface area contributed by atoms with Gasteiger partial charge in [0.15, 0.2) is 22.4 Å². The largest absolute Gasteiger partial charge is 0.505 e. The van der Waals surface area contributed by atoms with Crippen LogP contribution >= 0.6 is 11.3 Å². The van der Waals surface area contributed by atoms with Gasteiger partial charge in [0.2, 0.25) is 0 Å². The third-order valence-electron chi connectivity index (χ3n) is 6.04. The normalized spacial score (nSPS) is 17.1. The number of amides is 1. The maximum absolute atomic E-state index is 13.5. The highest BCUT2D eigenvalue weighted by atomic mass is 32.1. The topological polar surface area (TPSA) is 106 Å². The van der Waals surface area contributed by atoms with Gasteiger partial charge < -0.3 is 14.6 Å². The van der Waals surface area contributed by atoms with Crippen molar-refractivity contribution in [3.63, 3.8) is 0 Å². The van der Waals surface area contributed by atoms with E-state index in [9.17, 15) is 14.7 Å². The Bertz CT molecular complexity index is 1510. The van der Waals surface area contributed by atoms with Crippen molar-refractivity contribution in [1.82, 2.24) is 14.4 Å². The minimum atomic E-state index is -0.931. The number of aryl methyl sites for hydroxylation is 1. The van der Waals surface area contributed by atoms with Gasteiger partial charge in [0, 0.05) is 17.8 Å². The molecule has 1 aliphatic heterocycles. The molecule has 0 aliphatic carbocycles. The Kier molecular flexibility index (Phi) is 6.66. The second kappa shape index (κ2) is 10.1. The van der Waals surface area contributed by atoms with Gasteiger partial charge in [0.25, 0.3) is 5.78 Å². The number of benzene rings is 1. The number of carbonyl (C=O) groups is 2. The Hall–Kier alpha value is -4.18. The summed E-state index contributed by atoms with van der Waals surface area (Å²) in [6.45, 7) is 6.55. The second-order valence-electron chi connectivity index (χ2n) is 8.45. The predicted molar refractivity (Wildman–Crippen MR) is 140 cm³/mol. The van der Waals surface area contributed by atoms with Crippen LogP contribution in [0.25, 0.3) is 11.4 Å². The number of imidazole rings is 1. The molecule has 4 heterocycles. The number of aliphatic hydroxyl groups excluding tert-OH is 1. The molecule has 3 aromatic heterocycles. The first-order valence-electron chi connectivity index (χ1n) is 12.0. The lowest BCUT2D eigenvalue weighted by Crippen LogP contribution is -2.29. The molecule has 37 heavy (non-hydrogen) atoms. The van der Waals surface area contributed by atoms with E-state index in [-0.39, 0.29) is 11.3 Å². The van der Waals surface area contributed by atoms with E-state index >= 15 is 0 Å². The first-order valence-corrected chi connectivity index (χ1v) is 12.9. The number of anilines is 1. The van der Waals surface area contributed by atoms with Crippen LogP contribution in [-0.2, 0) is 9.59 Å². The fourth-order valence-corrected chi connectivity index (χ4v) is 5.17. The maximum atomic E-state index is 13.5. The lowest BCUT2D eigenvalue weighted by Gasteiger charge is -2.24. The maximum Gasteiger partial charge on any atom is 0.301 e. The number of aliphatic hydroxyl groups is 1. The average Bonchev–Trinajstić information content (AvgIpc) is 3.60. The standard InChI is InChI=1S/C27H26N4O5S/c1-4-13-36-18-10-9-17(15-19(18)35-5-2)23-21(25(33)26(34)31(23)27-28-11-14-37-27)24(32)22-16(3)29-20-8-6-7-12-30(20)22/h6-12,14-15,23,32H,4-5,13H2,1-3H3/b24-21+. The summed E-state index contributed by atoms with van der Waals surface area (Å²) < 4.78 is 13.4. The lowest BCUT2D eigenvalue weighted by atomic mass is 9.96. The molecule has 1 aliphatic rings. The zero-order valence-corrected chi connectivity index (χ0v) is 21.5. The predicted octanol–water partition coefficient (Wildman–Crippen LogP) is 4.91. The molecule has 1 N–H and O–H groups in total. The van der Waals surface area contributed by atoms with E-state index in [1.54, 1.807) is 59.4 Å². The van der Waals surface area contributed by atoms with Gasteiger partial charge in [-0.05, 0) is 50.1 Å². The summed E-state index contributed by atoms with van der Waals surface area (Å²) in [6.07, 6.45) is 4.15. The Morgan fingerprint density at radius 1 is 1.14 bits per heavy atom. The van der Waals surface area contributed by atoms with E-state index in [2.05, 4.69) is 9.97 Å². The van der Waals surface area contributed by atoms with Crippen LogP contribution in [0.15, 0.2) is 59.7 Å². The highest BCUT2D eigenvalue weighted by Gasteiger charge is 2.48. The van der Waals surface area contributed by atoms with Crippen molar-refractivity contribution in [3.8, 4) is 11.5 Å². The van der Waals surface area contributed by atoms with Crippen molar-refractivity contribution < 1.29 is 24.2 Å². The highest BCUT2D eigenvalue weighted by molar-refractivity contribution is 7.14. The summed E-state index contributed by atoms with van der Waals surface area (Å²) in [5.41, 5.74) is 2.03. The third kappa shape index (κ3) is 4.23. The molecule has 9 nitrogen and oxygen atoms in total. The quantitative estimate of drug-likeness (QED) is 0.201. The summed E-state index contributed by atoms with van der Waals surface area (Å²) in [5.74, 6) is -0.812. The SMILES string of the molecule is CCCOc1ccc(C2/C(=C(\O)c3c(C)nc4ccccn34)C(=O)C(=O)N2c2nccs2)cc1OCC. The van der Waals surface area contributed by atoms with Gasteiger partial charge in [0.05, 0.1) is 30.5 Å². The molecule has 0 saturated carbocycles. The van der Waals surface area contributed by atoms with Crippen molar-refractivity contribution in [1.29, 1.82) is 0 Å². The second-order valence-corrected chi connectivity index (χ2v) is 9.32. The lowest BCUT2D eigenvalue weighted by molar-refractivity contribution is -0.132. The zero-order valence-electron chi connectivity index (χ0n) is 20.7. The third-order valence-corrected chi connectivity index (χ3v) is 6.81. The van der Waals surface area contributed by atoms with Crippen LogP contribution in [-0.4, -0.2) is 44.4 Å². The number of thiazole rings is 1. The van der Waals surface area contributed by atoms with Gasteiger partial charge in [-0.25, -0.2) is 9.97 Å². The number of nitrogens with zero attached hydrogens (tertiary/aromatic N) is 4. The number of carbonyl (C=O) groups excluding carboxylic acids is 2. The number of hydrogen-bond donors (Lipinski definition) is 1. The molecule has 1 atom stereocenters. The Morgan fingerprint density at radius 2 is 1.97 bits per heavy atom. The molecule has 1 unspecified atom stereocenters. The van der Waals surface area contributed by atoms with E-state index in [4.69, 9.17) is 9.47 Å². The van der Waals surface area contributed by atoms with E-state index in [1.165, 1.54) is 16.2 Å². The summed E-state index contributed by atoms with van der Waals surface area (Å²) in [7, 11) is 0. The summed E-state index contributed by atoms with van der Waals surface area (Å²) >= 11 is 1.23. The number of fused-ring (bicyclic) bond motifs is 1. The van der Waals surface area contributed by atoms with Crippen LogP contribution in [0.5, 0.6) is 11.5 Å². The van der Waals surface area contributed by atoms with E-state index in [0.29, 0.717) is 52.4 Å². The minimum Gasteiger partial charge on any atom is -0.505 e. The molecule has 0 bridgehead atoms. The molecule has 0 radical (unpaired) electrons. The molecule has 10 heteroatoms. The Morgan fingerprint density at radius 3 is 2.70 bits per heavy atom. The van der Waals surface area contributed by atoms with Gasteiger partial charge in [-0.15, -0.1) is 11.3 Å². The number of aromatic nitrogens is 3. The summed E-state index contributed by atoms with van der Waals surface area (Å²) in [6, 6.07) is 9.81. The Labute approximate surface area is 217 Å². The van der Waals surface area contributed by atoms with Crippen LogP contribution in [0.4, 0.5) is 5.13 Å². The summed E-state index contributed by atoms with van der Waals surface area (Å²) in [4.78, 5) is 37.0. The van der Waals surface area contributed by atoms with Gasteiger partial charge in [-0.3, -0.25) is 18.9 Å². The van der Waals surface area contributed by atoms with Gasteiger partial charge in [-0.2, -0.15) is 0 Å². The molecule has 1 saturated heterocycles. The molecule has 5 rings (SSSR count). The number of hydrogen-bond acceptors (Lipinski definition) is 8. The monoisotopic (exact) mass is 518 g/mol. The number of ether oxygens (including phenoxy) is 2. The van der Waals surface area contributed by atoms with Gasteiger partial charge in [0.1, 0.15) is 11.3 Å². The molecular weight excluding hydrogens is 492 g/mol. The summed E-state index contributed by atoms with van der Waals surface area (Å²) in [5, 5.41) is 13.7. The number of rotatable bonds is 8. The van der Waals surface area contributed by atoms with Crippen molar-refractivity contribution in [2.24, 2.45) is 0 Å². The Balaban J connectivity index is 1.73. The van der Waals surface area contributed by atoms with Crippen molar-refractivity contribution in [2.75, 3.05) is 18.1 Å². The average molecular weight is 519 g/mol. The van der Waals surface area contributed by atoms with Crippen molar-refractivity contribution in [3.05, 3.63) is 76.7 Å². The molecule has 1 fully saturated rings. The van der Waals surface area contributed by atoms with Gasteiger partial charge >= 0.3 is 5.91 Å². The first kappa shape index (κ1) is 24.5. The van der Waals surface area contributed by atoms with Crippen LogP contribution in [0.1, 0.15) is 43.3 Å². The van der Waals surface area contributed by atoms with Crippen molar-refractivity contribution >= 4 is 39.6 Å². The zero-order chi connectivity index (χ0) is 26.1. The highest BCUT2D eigenvalue weighted by Crippen LogP contribution is 2.45. The first-order chi connectivity index (χ1) is 18.0. The van der Waals surface area contributed by atoms with Crippen molar-refractivity contribution in [2.45, 2.75) is 33.2 Å². The number of Topliss-reactive ketones (excluding diaryl/α,β-unsaturated/α-hetero) is 1. The van der Waals surface area contributed by atoms with Crippen LogP contribution in [0.2, 0.25) is 0 Å². The van der Waals surface area contributed by atoms with E-state index in [1.807, 2.05) is 19.9 Å². The van der Waals surface area contributed by atoms with E-state index < -0.39 is 17.7 Å². The van der Waals surface area contributed by atoms with Crippen LogP contribution in [0.3, 0.4) is 0 Å². The van der Waals surface area contributed by atoms with Crippen LogP contribution < -0.4 is 14.4 Å². The molecule has 190 valence electrons. The van der Waals surface area contributed by atoms with Crippen LogP contribution in [0, 0.1) is 6.92 Å². The molecule has 0 spiro atoms. The number of pyridine rings is 1. The minimum absolute atomic E-state index is 0.0429. The smallest absolute Gasteiger partial charge is 0.301 e. The molecular formula is C27H26N4O5S. The molecule has 1 amide bonds. The fraction of sp³-hybridized carbons (Fsp3) is 0.259. The molecule has 1 aromatic carbocycles. The van der Waals surface area contributed by atoms with Gasteiger partial charge in [-0.1, -0.05) is 19.1 Å².